The Labute approximate surface area is 143 Å². The van der Waals surface area contributed by atoms with Crippen molar-refractivity contribution in [2.24, 2.45) is 0 Å². The van der Waals surface area contributed by atoms with Gasteiger partial charge in [0.05, 0.1) is 6.33 Å². The zero-order valence-corrected chi connectivity index (χ0v) is 14.0. The van der Waals surface area contributed by atoms with Crippen molar-refractivity contribution in [3.63, 3.8) is 0 Å². The van der Waals surface area contributed by atoms with E-state index < -0.39 is 0 Å². The Hall–Kier alpha value is -2.18. The van der Waals surface area contributed by atoms with Crippen LogP contribution in [0.5, 0.6) is 0 Å². The lowest BCUT2D eigenvalue weighted by Crippen LogP contribution is -2.35. The number of imidazole rings is 1. The van der Waals surface area contributed by atoms with Crippen LogP contribution in [-0.4, -0.2) is 26.5 Å². The summed E-state index contributed by atoms with van der Waals surface area (Å²) in [7, 11) is 0. The minimum Gasteiger partial charge on any atom is -0.346 e. The zero-order valence-electron chi connectivity index (χ0n) is 12.4. The molecule has 3 rings (SSSR count). The molecule has 1 unspecified atom stereocenters. The second-order valence-corrected chi connectivity index (χ2v) is 6.47. The average molecular weight is 347 g/mol. The summed E-state index contributed by atoms with van der Waals surface area (Å²) in [5.74, 6) is -0.172. The summed E-state index contributed by atoms with van der Waals surface area (Å²) in [6, 6.07) is 7.39. The predicted octanol–water partition coefficient (Wildman–Crippen LogP) is 3.48. The Morgan fingerprint density at radius 3 is 2.87 bits per heavy atom. The van der Waals surface area contributed by atoms with Crippen LogP contribution in [0.1, 0.15) is 17.4 Å². The molecule has 0 aliphatic carbocycles. The molecule has 0 aliphatic heterocycles. The summed E-state index contributed by atoms with van der Waals surface area (Å²) in [4.78, 5) is 20.7. The number of benzene rings is 1. The minimum atomic E-state index is -0.172. The van der Waals surface area contributed by atoms with Gasteiger partial charge in [-0.25, -0.2) is 9.97 Å². The normalized spacial score (nSPS) is 12.1. The van der Waals surface area contributed by atoms with Crippen molar-refractivity contribution in [1.29, 1.82) is 0 Å². The predicted molar refractivity (Wildman–Crippen MR) is 91.7 cm³/mol. The highest BCUT2D eigenvalue weighted by molar-refractivity contribution is 7.13. The number of aromatic nitrogens is 3. The number of hydrogen-bond acceptors (Lipinski definition) is 4. The van der Waals surface area contributed by atoms with Gasteiger partial charge in [-0.15, -0.1) is 11.3 Å². The van der Waals surface area contributed by atoms with Crippen molar-refractivity contribution in [3.05, 3.63) is 59.1 Å². The van der Waals surface area contributed by atoms with Crippen LogP contribution >= 0.6 is 22.9 Å². The molecule has 0 saturated heterocycles. The van der Waals surface area contributed by atoms with E-state index >= 15 is 0 Å². The van der Waals surface area contributed by atoms with Gasteiger partial charge in [0, 0.05) is 40.9 Å². The number of nitrogens with zero attached hydrogens (tertiary/aromatic N) is 3. The molecule has 7 heteroatoms. The first-order chi connectivity index (χ1) is 11.1. The highest BCUT2D eigenvalue weighted by Crippen LogP contribution is 2.25. The highest BCUT2D eigenvalue weighted by atomic mass is 35.5. The molecular weight excluding hydrogens is 332 g/mol. The van der Waals surface area contributed by atoms with E-state index in [4.69, 9.17) is 11.6 Å². The molecule has 1 atom stereocenters. The summed E-state index contributed by atoms with van der Waals surface area (Å²) >= 11 is 7.32. The number of thiazole rings is 1. The van der Waals surface area contributed by atoms with E-state index in [-0.39, 0.29) is 11.9 Å². The molecule has 2 aromatic heterocycles. The van der Waals surface area contributed by atoms with Crippen LogP contribution < -0.4 is 5.32 Å². The Morgan fingerprint density at radius 2 is 2.17 bits per heavy atom. The maximum absolute atomic E-state index is 12.3. The topological polar surface area (TPSA) is 59.8 Å². The van der Waals surface area contributed by atoms with Crippen LogP contribution in [0.4, 0.5) is 0 Å². The molecule has 0 fully saturated rings. The Kier molecular flexibility index (Phi) is 4.73. The van der Waals surface area contributed by atoms with Crippen LogP contribution in [0.2, 0.25) is 5.02 Å². The number of carbonyl (C=O) groups excluding carboxylic acids is 1. The molecule has 2 heterocycles. The molecule has 5 nitrogen and oxygen atoms in total. The van der Waals surface area contributed by atoms with Crippen molar-refractivity contribution in [2.75, 3.05) is 0 Å². The number of carbonyl (C=O) groups is 1. The number of halogens is 1. The largest absolute Gasteiger partial charge is 0.346 e. The molecule has 23 heavy (non-hydrogen) atoms. The van der Waals surface area contributed by atoms with E-state index in [1.807, 2.05) is 42.0 Å². The summed E-state index contributed by atoms with van der Waals surface area (Å²) in [5, 5.41) is 6.19. The van der Waals surface area contributed by atoms with E-state index in [1.54, 1.807) is 17.9 Å². The van der Waals surface area contributed by atoms with Crippen molar-refractivity contribution < 1.29 is 4.79 Å². The first kappa shape index (κ1) is 15.7. The molecule has 0 radical (unpaired) electrons. The molecular formula is C16H15ClN4OS. The Balaban J connectivity index is 1.65. The second-order valence-electron chi connectivity index (χ2n) is 5.18. The fourth-order valence-corrected chi connectivity index (χ4v) is 3.09. The van der Waals surface area contributed by atoms with Gasteiger partial charge in [0.1, 0.15) is 10.7 Å². The third-order valence-corrected chi connectivity index (χ3v) is 4.39. The van der Waals surface area contributed by atoms with Crippen LogP contribution in [0.15, 0.2) is 48.4 Å². The monoisotopic (exact) mass is 346 g/mol. The van der Waals surface area contributed by atoms with Crippen molar-refractivity contribution in [1.82, 2.24) is 19.9 Å². The van der Waals surface area contributed by atoms with Gasteiger partial charge >= 0.3 is 0 Å². The SMILES string of the molecule is CC(Cn1ccnc1)NC(=O)c1csc(-c2ccc(Cl)cc2)n1. The van der Waals surface area contributed by atoms with E-state index in [1.165, 1.54) is 11.3 Å². The average Bonchev–Trinajstić information content (AvgIpc) is 3.19. The zero-order chi connectivity index (χ0) is 16.2. The molecule has 3 aromatic rings. The van der Waals surface area contributed by atoms with Crippen molar-refractivity contribution >= 4 is 28.8 Å². The van der Waals surface area contributed by atoms with Gasteiger partial charge in [0.2, 0.25) is 0 Å². The molecule has 0 saturated carbocycles. The Bertz CT molecular complexity index is 783. The molecule has 0 bridgehead atoms. The van der Waals surface area contributed by atoms with Gasteiger partial charge in [0.25, 0.3) is 5.91 Å². The van der Waals surface area contributed by atoms with Crippen LogP contribution in [0, 0.1) is 0 Å². The summed E-state index contributed by atoms with van der Waals surface area (Å²) in [5.41, 5.74) is 1.38. The number of hydrogen-bond donors (Lipinski definition) is 1. The lowest BCUT2D eigenvalue weighted by Gasteiger charge is -2.13. The smallest absolute Gasteiger partial charge is 0.271 e. The lowest BCUT2D eigenvalue weighted by molar-refractivity contribution is 0.0932. The molecule has 1 amide bonds. The quantitative estimate of drug-likeness (QED) is 0.769. The third-order valence-electron chi connectivity index (χ3n) is 3.25. The number of nitrogens with one attached hydrogen (secondary N) is 1. The maximum atomic E-state index is 12.3. The Morgan fingerprint density at radius 1 is 1.39 bits per heavy atom. The van der Waals surface area contributed by atoms with Crippen molar-refractivity contribution in [2.45, 2.75) is 19.5 Å². The molecule has 0 spiro atoms. The van der Waals surface area contributed by atoms with Gasteiger partial charge in [-0.1, -0.05) is 23.7 Å². The van der Waals surface area contributed by atoms with Gasteiger partial charge < -0.3 is 9.88 Å². The van der Waals surface area contributed by atoms with Crippen LogP contribution in [-0.2, 0) is 6.54 Å². The van der Waals surface area contributed by atoms with E-state index in [9.17, 15) is 4.79 Å². The van der Waals surface area contributed by atoms with E-state index in [0.29, 0.717) is 17.3 Å². The lowest BCUT2D eigenvalue weighted by atomic mass is 10.2. The molecule has 1 N–H and O–H groups in total. The van der Waals surface area contributed by atoms with Crippen molar-refractivity contribution in [3.8, 4) is 10.6 Å². The highest BCUT2D eigenvalue weighted by Gasteiger charge is 2.14. The van der Waals surface area contributed by atoms with Crippen LogP contribution in [0.25, 0.3) is 10.6 Å². The first-order valence-corrected chi connectivity index (χ1v) is 8.35. The maximum Gasteiger partial charge on any atom is 0.271 e. The molecule has 118 valence electrons. The van der Waals surface area contributed by atoms with Gasteiger partial charge in [-0.3, -0.25) is 4.79 Å². The summed E-state index contributed by atoms with van der Waals surface area (Å²) in [6.45, 7) is 2.62. The van der Waals surface area contributed by atoms with Crippen LogP contribution in [0.3, 0.4) is 0 Å². The number of amides is 1. The van der Waals surface area contributed by atoms with E-state index in [0.717, 1.165) is 10.6 Å². The summed E-state index contributed by atoms with van der Waals surface area (Å²) < 4.78 is 1.92. The minimum absolute atomic E-state index is 0.0163. The van der Waals surface area contributed by atoms with E-state index in [2.05, 4.69) is 15.3 Å². The van der Waals surface area contributed by atoms with Gasteiger partial charge in [0.15, 0.2) is 0 Å². The van der Waals surface area contributed by atoms with Gasteiger partial charge in [-0.2, -0.15) is 0 Å². The summed E-state index contributed by atoms with van der Waals surface area (Å²) in [6.07, 6.45) is 5.31. The fourth-order valence-electron chi connectivity index (χ4n) is 2.16. The standard InChI is InChI=1S/C16H15ClN4OS/c1-11(8-21-7-6-18-10-21)19-15(22)14-9-23-16(20-14)12-2-4-13(17)5-3-12/h2-7,9-11H,8H2,1H3,(H,19,22). The van der Waals surface area contributed by atoms with Gasteiger partial charge in [-0.05, 0) is 19.1 Å². The number of rotatable bonds is 5. The molecule has 1 aromatic carbocycles. The molecule has 0 aliphatic rings. The second kappa shape index (κ2) is 6.93. The fraction of sp³-hybridized carbons (Fsp3) is 0.188. The third kappa shape index (κ3) is 3.97. The first-order valence-electron chi connectivity index (χ1n) is 7.10.